The van der Waals surface area contributed by atoms with Crippen molar-refractivity contribution in [3.8, 4) is 0 Å². The summed E-state index contributed by atoms with van der Waals surface area (Å²) in [6.07, 6.45) is 1.64. The summed E-state index contributed by atoms with van der Waals surface area (Å²) in [7, 11) is 7.64. The minimum atomic E-state index is -0.0348. The fraction of sp³-hybridized carbons (Fsp3) is 0.556. The third-order valence-corrected chi connectivity index (χ3v) is 4.60. The topological polar surface area (TPSA) is 41.3 Å². The van der Waals surface area contributed by atoms with Crippen molar-refractivity contribution in [2.45, 2.75) is 39.6 Å². The Morgan fingerprint density at radius 3 is 2.45 bits per heavy atom. The summed E-state index contributed by atoms with van der Waals surface area (Å²) >= 11 is 0. The molecule has 1 atom stereocenters. The molecule has 0 fully saturated rings. The largest absolute Gasteiger partial charge is 0.391 e. The lowest BCUT2D eigenvalue weighted by atomic mass is 9.88. The van der Waals surface area contributed by atoms with Crippen LogP contribution in [0.5, 0.6) is 0 Å². The Morgan fingerprint density at radius 1 is 1.32 bits per heavy atom. The molecular formula is C18H30BN3. The van der Waals surface area contributed by atoms with Gasteiger partial charge in [0.05, 0.1) is 13.9 Å². The lowest BCUT2D eigenvalue weighted by Gasteiger charge is -2.25. The molecule has 1 aromatic carbocycles. The third-order valence-electron chi connectivity index (χ3n) is 4.60. The van der Waals surface area contributed by atoms with Gasteiger partial charge in [0.2, 0.25) is 0 Å². The van der Waals surface area contributed by atoms with Gasteiger partial charge in [0, 0.05) is 25.8 Å². The van der Waals surface area contributed by atoms with E-state index in [4.69, 9.17) is 13.6 Å². The van der Waals surface area contributed by atoms with E-state index in [1.54, 1.807) is 0 Å². The fourth-order valence-electron chi connectivity index (χ4n) is 2.66. The highest BCUT2D eigenvalue weighted by atomic mass is 15.1. The van der Waals surface area contributed by atoms with E-state index in [-0.39, 0.29) is 6.04 Å². The van der Waals surface area contributed by atoms with Gasteiger partial charge in [-0.2, -0.15) is 0 Å². The number of nitrogens with one attached hydrogen (secondary N) is 1. The van der Waals surface area contributed by atoms with Crippen molar-refractivity contribution in [2.75, 3.05) is 26.7 Å². The maximum absolute atomic E-state index is 6.15. The summed E-state index contributed by atoms with van der Waals surface area (Å²) < 4.78 is 0. The SMILES string of the molecule is [B]Cc1ccc(CCN(CC)CC(N)C(=C)NC)c(C)c1C. The van der Waals surface area contributed by atoms with Crippen LogP contribution in [-0.2, 0) is 12.7 Å². The van der Waals surface area contributed by atoms with Gasteiger partial charge >= 0.3 is 0 Å². The predicted octanol–water partition coefficient (Wildman–Crippen LogP) is 1.90. The molecule has 120 valence electrons. The van der Waals surface area contributed by atoms with Gasteiger partial charge in [-0.05, 0) is 43.5 Å². The molecule has 0 saturated heterocycles. The van der Waals surface area contributed by atoms with E-state index >= 15 is 0 Å². The zero-order chi connectivity index (χ0) is 16.7. The maximum atomic E-state index is 6.15. The van der Waals surface area contributed by atoms with Gasteiger partial charge in [0.1, 0.15) is 0 Å². The molecule has 0 amide bonds. The minimum Gasteiger partial charge on any atom is -0.391 e. The van der Waals surface area contributed by atoms with Crippen molar-refractivity contribution in [2.24, 2.45) is 5.73 Å². The Hall–Kier alpha value is -1.26. The monoisotopic (exact) mass is 299 g/mol. The highest BCUT2D eigenvalue weighted by Gasteiger charge is 2.12. The second-order valence-electron chi connectivity index (χ2n) is 5.86. The first-order valence-corrected chi connectivity index (χ1v) is 8.07. The quantitative estimate of drug-likeness (QED) is 0.684. The molecule has 1 rings (SSSR count). The van der Waals surface area contributed by atoms with E-state index < -0.39 is 0 Å². The van der Waals surface area contributed by atoms with Crippen LogP contribution < -0.4 is 11.1 Å². The first-order chi connectivity index (χ1) is 10.4. The maximum Gasteiger partial charge on any atom is 0.0716 e. The molecule has 0 spiro atoms. The molecule has 1 unspecified atom stereocenters. The van der Waals surface area contributed by atoms with Gasteiger partial charge in [0.25, 0.3) is 0 Å². The van der Waals surface area contributed by atoms with Crippen LogP contribution in [0.1, 0.15) is 29.2 Å². The average molecular weight is 299 g/mol. The van der Waals surface area contributed by atoms with Crippen molar-refractivity contribution in [3.63, 3.8) is 0 Å². The second-order valence-corrected chi connectivity index (χ2v) is 5.86. The molecule has 3 N–H and O–H groups in total. The van der Waals surface area contributed by atoms with Crippen molar-refractivity contribution < 1.29 is 0 Å². The van der Waals surface area contributed by atoms with E-state index in [1.807, 2.05) is 7.05 Å². The first-order valence-electron chi connectivity index (χ1n) is 8.07. The zero-order valence-corrected chi connectivity index (χ0v) is 14.6. The Balaban J connectivity index is 2.67. The zero-order valence-electron chi connectivity index (χ0n) is 14.6. The Labute approximate surface area is 137 Å². The van der Waals surface area contributed by atoms with Crippen LogP contribution in [0, 0.1) is 13.8 Å². The van der Waals surface area contributed by atoms with Gasteiger partial charge < -0.3 is 16.0 Å². The fourth-order valence-corrected chi connectivity index (χ4v) is 2.66. The van der Waals surface area contributed by atoms with Crippen LogP contribution >= 0.6 is 0 Å². The number of hydrogen-bond donors (Lipinski definition) is 2. The van der Waals surface area contributed by atoms with Gasteiger partial charge in [-0.15, -0.1) is 0 Å². The molecule has 1 aromatic rings. The highest BCUT2D eigenvalue weighted by Crippen LogP contribution is 2.18. The van der Waals surface area contributed by atoms with Gasteiger partial charge in [0.15, 0.2) is 0 Å². The average Bonchev–Trinajstić information content (AvgIpc) is 2.53. The van der Waals surface area contributed by atoms with Crippen molar-refractivity contribution >= 4 is 7.85 Å². The standard InChI is InChI=1S/C18H30BN3/c1-6-22(12-18(20)15(4)21-5)10-9-16-7-8-17(11-19)14(3)13(16)2/h7-8,18,21H,4,6,9-12,20H2,1-3,5H3. The van der Waals surface area contributed by atoms with E-state index in [0.29, 0.717) is 6.32 Å². The molecule has 3 nitrogen and oxygen atoms in total. The van der Waals surface area contributed by atoms with Crippen molar-refractivity contribution in [3.05, 3.63) is 46.7 Å². The predicted molar refractivity (Wildman–Crippen MR) is 97.4 cm³/mol. The van der Waals surface area contributed by atoms with E-state index in [2.05, 4.69) is 49.7 Å². The number of hydrogen-bond acceptors (Lipinski definition) is 3. The molecule has 0 aliphatic heterocycles. The summed E-state index contributed by atoms with van der Waals surface area (Å²) in [5.74, 6) is 0. The second kappa shape index (κ2) is 9.01. The van der Waals surface area contributed by atoms with Gasteiger partial charge in [-0.3, -0.25) is 0 Å². The first kappa shape index (κ1) is 18.8. The third kappa shape index (κ3) is 4.89. The highest BCUT2D eigenvalue weighted by molar-refractivity contribution is 6.08. The van der Waals surface area contributed by atoms with E-state index in [9.17, 15) is 0 Å². The molecule has 0 aliphatic rings. The molecule has 0 aliphatic carbocycles. The molecule has 2 radical (unpaired) electrons. The van der Waals surface area contributed by atoms with Crippen LogP contribution in [-0.4, -0.2) is 45.5 Å². The molecule has 0 saturated carbocycles. The Bertz CT molecular complexity index is 499. The smallest absolute Gasteiger partial charge is 0.0716 e. The van der Waals surface area contributed by atoms with E-state index in [1.165, 1.54) is 22.3 Å². The van der Waals surface area contributed by atoms with Gasteiger partial charge in [-0.25, -0.2) is 0 Å². The summed E-state index contributed by atoms with van der Waals surface area (Å²) in [6, 6.07) is 4.33. The lowest BCUT2D eigenvalue weighted by Crippen LogP contribution is -2.42. The molecule has 22 heavy (non-hydrogen) atoms. The van der Waals surface area contributed by atoms with Crippen LogP contribution in [0.2, 0.25) is 0 Å². The molecule has 4 heteroatoms. The summed E-state index contributed by atoms with van der Waals surface area (Å²) in [4.78, 5) is 2.37. The summed E-state index contributed by atoms with van der Waals surface area (Å²) in [6.45, 7) is 13.3. The van der Waals surface area contributed by atoms with Crippen molar-refractivity contribution in [1.29, 1.82) is 0 Å². The molecule has 0 bridgehead atoms. The number of rotatable bonds is 9. The lowest BCUT2D eigenvalue weighted by molar-refractivity contribution is 0.280. The normalized spacial score (nSPS) is 12.5. The number of nitrogens with zero attached hydrogens (tertiary/aromatic N) is 1. The van der Waals surface area contributed by atoms with Gasteiger partial charge in [-0.1, -0.05) is 37.5 Å². The van der Waals surface area contributed by atoms with Crippen LogP contribution in [0.15, 0.2) is 24.4 Å². The van der Waals surface area contributed by atoms with Crippen LogP contribution in [0.4, 0.5) is 0 Å². The molecule has 0 aromatic heterocycles. The van der Waals surface area contributed by atoms with Crippen LogP contribution in [0.25, 0.3) is 0 Å². The summed E-state index contributed by atoms with van der Waals surface area (Å²) in [5, 5.41) is 3.04. The van der Waals surface area contributed by atoms with Crippen LogP contribution in [0.3, 0.4) is 0 Å². The number of benzene rings is 1. The molecule has 0 heterocycles. The molecular weight excluding hydrogens is 269 g/mol. The number of nitrogens with two attached hydrogens (primary N) is 1. The Kier molecular flexibility index (Phi) is 7.70. The minimum absolute atomic E-state index is 0.0348. The van der Waals surface area contributed by atoms with Crippen molar-refractivity contribution in [1.82, 2.24) is 10.2 Å². The Morgan fingerprint density at radius 2 is 1.91 bits per heavy atom. The van der Waals surface area contributed by atoms with E-state index in [0.717, 1.165) is 31.8 Å². The number of likely N-dealkylation sites (N-methyl/N-ethyl adjacent to an activating group) is 2. The summed E-state index contributed by atoms with van der Waals surface area (Å²) in [5.41, 5.74) is 12.4.